The predicted molar refractivity (Wildman–Crippen MR) is 64.4 cm³/mol. The zero-order chi connectivity index (χ0) is 10.3. The lowest BCUT2D eigenvalue weighted by molar-refractivity contribution is 0.658. The van der Waals surface area contributed by atoms with E-state index < -0.39 is 0 Å². The molecular formula is C12H14N2S. The van der Waals surface area contributed by atoms with Gasteiger partial charge in [0.05, 0.1) is 4.70 Å². The van der Waals surface area contributed by atoms with Crippen molar-refractivity contribution in [1.82, 2.24) is 9.69 Å². The lowest BCUT2D eigenvalue weighted by Gasteiger charge is -2.08. The molecule has 0 aliphatic carbocycles. The average Bonchev–Trinajstić information content (AvgIpc) is 2.84. The zero-order valence-electron chi connectivity index (χ0n) is 8.73. The molecule has 0 amide bonds. The minimum absolute atomic E-state index is 0.659. The van der Waals surface area contributed by atoms with Crippen LogP contribution in [0.5, 0.6) is 0 Å². The van der Waals surface area contributed by atoms with Gasteiger partial charge in [-0.3, -0.25) is 0 Å². The summed E-state index contributed by atoms with van der Waals surface area (Å²) in [5.41, 5.74) is 1.46. The molecule has 0 radical (unpaired) electrons. The van der Waals surface area contributed by atoms with Gasteiger partial charge in [-0.1, -0.05) is 6.07 Å². The van der Waals surface area contributed by atoms with E-state index in [0.29, 0.717) is 12.0 Å². The first-order chi connectivity index (χ1) is 7.33. The maximum Gasteiger partial charge on any atom is 0.0550 e. The molecule has 1 N–H and O–H groups in total. The van der Waals surface area contributed by atoms with Crippen molar-refractivity contribution < 1.29 is 0 Å². The fraction of sp³-hybridized carbons (Fsp3) is 0.417. The molecule has 0 spiro atoms. The first-order valence-electron chi connectivity index (χ1n) is 5.40. The second-order valence-electron chi connectivity index (χ2n) is 4.36. The van der Waals surface area contributed by atoms with Gasteiger partial charge in [0.1, 0.15) is 0 Å². The van der Waals surface area contributed by atoms with Crippen LogP contribution in [-0.4, -0.2) is 17.0 Å². The van der Waals surface area contributed by atoms with E-state index in [1.165, 1.54) is 22.1 Å². The number of fused-ring (bicyclic) bond motifs is 1. The third-order valence-corrected chi connectivity index (χ3v) is 3.98. The van der Waals surface area contributed by atoms with Gasteiger partial charge in [-0.2, -0.15) is 4.37 Å². The van der Waals surface area contributed by atoms with Crippen molar-refractivity contribution in [2.24, 2.45) is 0 Å². The smallest absolute Gasteiger partial charge is 0.0550 e. The number of nitrogens with one attached hydrogen (secondary N) is 1. The van der Waals surface area contributed by atoms with Gasteiger partial charge in [-0.15, -0.1) is 0 Å². The molecule has 2 heterocycles. The first kappa shape index (κ1) is 9.31. The van der Waals surface area contributed by atoms with E-state index in [1.807, 2.05) is 6.20 Å². The lowest BCUT2D eigenvalue weighted by Crippen LogP contribution is -2.16. The van der Waals surface area contributed by atoms with Crippen LogP contribution < -0.4 is 5.32 Å². The van der Waals surface area contributed by atoms with Crippen LogP contribution in [-0.2, 0) is 0 Å². The van der Waals surface area contributed by atoms with Gasteiger partial charge in [0.15, 0.2) is 0 Å². The average molecular weight is 218 g/mol. The number of hydrogen-bond acceptors (Lipinski definition) is 3. The highest BCUT2D eigenvalue weighted by atomic mass is 32.1. The maximum atomic E-state index is 4.21. The van der Waals surface area contributed by atoms with E-state index in [9.17, 15) is 0 Å². The molecule has 1 saturated heterocycles. The molecule has 78 valence electrons. The van der Waals surface area contributed by atoms with Crippen LogP contribution in [0.2, 0.25) is 0 Å². The Morgan fingerprint density at radius 3 is 3.20 bits per heavy atom. The van der Waals surface area contributed by atoms with Crippen LogP contribution in [0.4, 0.5) is 0 Å². The van der Waals surface area contributed by atoms with Gasteiger partial charge in [0.2, 0.25) is 0 Å². The minimum Gasteiger partial charge on any atom is -0.314 e. The van der Waals surface area contributed by atoms with E-state index >= 15 is 0 Å². The van der Waals surface area contributed by atoms with E-state index in [2.05, 4.69) is 34.8 Å². The summed E-state index contributed by atoms with van der Waals surface area (Å²) in [6, 6.07) is 7.41. The molecule has 1 aliphatic heterocycles. The highest BCUT2D eigenvalue weighted by Gasteiger charge is 2.22. The quantitative estimate of drug-likeness (QED) is 0.796. The Balaban J connectivity index is 1.97. The Morgan fingerprint density at radius 1 is 1.47 bits per heavy atom. The van der Waals surface area contributed by atoms with Crippen molar-refractivity contribution in [3.05, 3.63) is 30.0 Å². The van der Waals surface area contributed by atoms with E-state index in [-0.39, 0.29) is 0 Å². The Kier molecular flexibility index (Phi) is 2.22. The van der Waals surface area contributed by atoms with E-state index in [0.717, 1.165) is 6.54 Å². The topological polar surface area (TPSA) is 24.9 Å². The summed E-state index contributed by atoms with van der Waals surface area (Å²) in [5.74, 6) is 0.685. The van der Waals surface area contributed by atoms with Crippen LogP contribution in [0.1, 0.15) is 24.8 Å². The maximum absolute atomic E-state index is 4.21. The number of rotatable bonds is 1. The standard InChI is InChI=1S/C12H14N2S/c1-8-4-10(6-13-8)9-2-3-12-11(5-9)7-14-15-12/h2-3,5,7-8,10,13H,4,6H2,1H3. The summed E-state index contributed by atoms with van der Waals surface area (Å²) in [4.78, 5) is 0. The van der Waals surface area contributed by atoms with Crippen molar-refractivity contribution in [2.45, 2.75) is 25.3 Å². The lowest BCUT2D eigenvalue weighted by atomic mass is 9.96. The van der Waals surface area contributed by atoms with E-state index in [1.54, 1.807) is 11.5 Å². The molecule has 3 heteroatoms. The number of benzene rings is 1. The summed E-state index contributed by atoms with van der Waals surface area (Å²) in [5, 5.41) is 4.79. The van der Waals surface area contributed by atoms with Gasteiger partial charge in [-0.05, 0) is 48.5 Å². The fourth-order valence-electron chi connectivity index (χ4n) is 2.34. The highest BCUT2D eigenvalue weighted by Crippen LogP contribution is 2.29. The SMILES string of the molecule is CC1CC(c2ccc3sncc3c2)CN1. The zero-order valence-corrected chi connectivity index (χ0v) is 9.55. The van der Waals surface area contributed by atoms with Gasteiger partial charge in [0.25, 0.3) is 0 Å². The molecule has 1 aromatic heterocycles. The Labute approximate surface area is 93.5 Å². The van der Waals surface area contributed by atoms with Crippen molar-refractivity contribution in [2.75, 3.05) is 6.54 Å². The minimum atomic E-state index is 0.659. The highest BCUT2D eigenvalue weighted by molar-refractivity contribution is 7.13. The van der Waals surface area contributed by atoms with Crippen LogP contribution >= 0.6 is 11.5 Å². The van der Waals surface area contributed by atoms with Crippen LogP contribution in [0.25, 0.3) is 10.1 Å². The Hall–Kier alpha value is -0.930. The van der Waals surface area contributed by atoms with Gasteiger partial charge in [-0.25, -0.2) is 0 Å². The number of nitrogens with zero attached hydrogens (tertiary/aromatic N) is 1. The largest absolute Gasteiger partial charge is 0.314 e. The van der Waals surface area contributed by atoms with Crippen molar-refractivity contribution in [3.63, 3.8) is 0 Å². The summed E-state index contributed by atoms with van der Waals surface area (Å²) in [6.45, 7) is 3.37. The molecule has 0 saturated carbocycles. The summed E-state index contributed by atoms with van der Waals surface area (Å²) < 4.78 is 5.50. The summed E-state index contributed by atoms with van der Waals surface area (Å²) in [7, 11) is 0. The van der Waals surface area contributed by atoms with Gasteiger partial charge in [0, 0.05) is 24.2 Å². The second-order valence-corrected chi connectivity index (χ2v) is 5.20. The van der Waals surface area contributed by atoms with Crippen molar-refractivity contribution >= 4 is 21.6 Å². The van der Waals surface area contributed by atoms with E-state index in [4.69, 9.17) is 0 Å². The number of hydrogen-bond donors (Lipinski definition) is 1. The van der Waals surface area contributed by atoms with Crippen LogP contribution in [0.15, 0.2) is 24.4 Å². The second kappa shape index (κ2) is 3.58. The molecule has 2 nitrogen and oxygen atoms in total. The number of aromatic nitrogens is 1. The molecule has 1 fully saturated rings. The van der Waals surface area contributed by atoms with Crippen molar-refractivity contribution in [1.29, 1.82) is 0 Å². The third-order valence-electron chi connectivity index (χ3n) is 3.20. The fourth-order valence-corrected chi connectivity index (χ4v) is 2.96. The molecule has 15 heavy (non-hydrogen) atoms. The molecular weight excluding hydrogens is 204 g/mol. The van der Waals surface area contributed by atoms with Gasteiger partial charge < -0.3 is 5.32 Å². The molecule has 1 aliphatic rings. The Bertz CT molecular complexity index is 477. The monoisotopic (exact) mass is 218 g/mol. The van der Waals surface area contributed by atoms with Crippen molar-refractivity contribution in [3.8, 4) is 0 Å². The molecule has 1 aromatic carbocycles. The molecule has 2 unspecified atom stereocenters. The molecule has 2 atom stereocenters. The molecule has 3 rings (SSSR count). The first-order valence-corrected chi connectivity index (χ1v) is 6.18. The Morgan fingerprint density at radius 2 is 2.40 bits per heavy atom. The third kappa shape index (κ3) is 1.66. The van der Waals surface area contributed by atoms with Gasteiger partial charge >= 0.3 is 0 Å². The van der Waals surface area contributed by atoms with Crippen LogP contribution in [0.3, 0.4) is 0 Å². The van der Waals surface area contributed by atoms with Crippen LogP contribution in [0, 0.1) is 0 Å². The summed E-state index contributed by atoms with van der Waals surface area (Å²) >= 11 is 1.57. The molecule has 0 bridgehead atoms. The normalized spacial score (nSPS) is 26.2. The molecule has 2 aromatic rings. The predicted octanol–water partition coefficient (Wildman–Crippen LogP) is 2.76. The summed E-state index contributed by atoms with van der Waals surface area (Å²) in [6.07, 6.45) is 3.22.